The molecule has 0 amide bonds. The van der Waals surface area contributed by atoms with Gasteiger partial charge in [-0.3, -0.25) is 0 Å². The number of hydrogen-bond acceptors (Lipinski definition) is 4. The minimum absolute atomic E-state index is 0.514. The molecule has 0 saturated carbocycles. The average Bonchev–Trinajstić information content (AvgIpc) is 2.92. The molecule has 2 aliphatic heterocycles. The second kappa shape index (κ2) is 5.45. The first-order chi connectivity index (χ1) is 9.22. The van der Waals surface area contributed by atoms with Gasteiger partial charge in [0.1, 0.15) is 11.6 Å². The van der Waals surface area contributed by atoms with E-state index >= 15 is 0 Å². The number of rotatable bonds is 2. The van der Waals surface area contributed by atoms with Gasteiger partial charge in [0, 0.05) is 37.3 Å². The summed E-state index contributed by atoms with van der Waals surface area (Å²) < 4.78 is 0. The van der Waals surface area contributed by atoms with Crippen molar-refractivity contribution in [1.29, 1.82) is 0 Å². The molecule has 4 heteroatoms. The van der Waals surface area contributed by atoms with Crippen molar-refractivity contribution < 1.29 is 0 Å². The Morgan fingerprint density at radius 1 is 1.11 bits per heavy atom. The van der Waals surface area contributed by atoms with Gasteiger partial charge in [0.25, 0.3) is 0 Å². The number of aromatic nitrogens is 2. The maximum Gasteiger partial charge on any atom is 0.135 e. The van der Waals surface area contributed by atoms with E-state index in [0.717, 1.165) is 37.0 Å². The molecule has 1 aromatic rings. The van der Waals surface area contributed by atoms with Gasteiger partial charge in [-0.15, -0.1) is 0 Å². The summed E-state index contributed by atoms with van der Waals surface area (Å²) in [6, 6.07) is 2.14. The number of hydrogen-bond donors (Lipinski definition) is 0. The Bertz CT molecular complexity index is 440. The topological polar surface area (TPSA) is 32.3 Å². The third-order valence-electron chi connectivity index (χ3n) is 4.28. The third-order valence-corrected chi connectivity index (χ3v) is 4.28. The van der Waals surface area contributed by atoms with Gasteiger partial charge in [-0.25, -0.2) is 9.97 Å². The number of likely N-dealkylation sites (N-methyl/N-ethyl adjacent to an activating group) is 1. The Morgan fingerprint density at radius 3 is 2.63 bits per heavy atom. The maximum absolute atomic E-state index is 4.86. The van der Waals surface area contributed by atoms with Crippen LogP contribution >= 0.6 is 0 Å². The van der Waals surface area contributed by atoms with E-state index < -0.39 is 0 Å². The molecule has 2 aliphatic rings. The number of likely N-dealkylation sites (tertiary alicyclic amines) is 1. The number of aryl methyl sites for hydroxylation is 1. The number of nitrogens with zero attached hydrogens (tertiary/aromatic N) is 4. The molecular weight excluding hydrogens is 236 g/mol. The molecule has 0 N–H and O–H groups in total. The van der Waals surface area contributed by atoms with Crippen molar-refractivity contribution in [2.45, 2.75) is 38.5 Å². The van der Waals surface area contributed by atoms with Gasteiger partial charge < -0.3 is 9.80 Å². The molecule has 19 heavy (non-hydrogen) atoms. The molecule has 0 spiro atoms. The lowest BCUT2D eigenvalue weighted by Gasteiger charge is -2.29. The molecule has 1 atom stereocenters. The first-order valence-corrected chi connectivity index (χ1v) is 7.51. The zero-order valence-corrected chi connectivity index (χ0v) is 12.1. The Labute approximate surface area is 115 Å². The van der Waals surface area contributed by atoms with Crippen molar-refractivity contribution in [2.75, 3.05) is 38.1 Å². The number of anilines is 1. The fourth-order valence-corrected chi connectivity index (χ4v) is 3.24. The summed E-state index contributed by atoms with van der Waals surface area (Å²) in [7, 11) is 2.20. The van der Waals surface area contributed by atoms with Crippen molar-refractivity contribution in [2.24, 2.45) is 0 Å². The predicted octanol–water partition coefficient (Wildman–Crippen LogP) is 2.19. The first kappa shape index (κ1) is 12.9. The van der Waals surface area contributed by atoms with Crippen molar-refractivity contribution in [3.05, 3.63) is 17.6 Å². The van der Waals surface area contributed by atoms with Gasteiger partial charge in [-0.05, 0) is 46.2 Å². The molecule has 104 valence electrons. The van der Waals surface area contributed by atoms with Crippen LogP contribution in [0.5, 0.6) is 0 Å². The molecule has 4 nitrogen and oxygen atoms in total. The van der Waals surface area contributed by atoms with Crippen LogP contribution in [0.1, 0.15) is 43.1 Å². The molecule has 0 bridgehead atoms. The van der Waals surface area contributed by atoms with Crippen molar-refractivity contribution in [1.82, 2.24) is 14.9 Å². The first-order valence-electron chi connectivity index (χ1n) is 7.51. The average molecular weight is 260 g/mol. The van der Waals surface area contributed by atoms with E-state index in [1.807, 2.05) is 0 Å². The van der Waals surface area contributed by atoms with E-state index in [2.05, 4.69) is 29.8 Å². The minimum Gasteiger partial charge on any atom is -0.357 e. The van der Waals surface area contributed by atoms with E-state index in [1.54, 1.807) is 0 Å². The van der Waals surface area contributed by atoms with E-state index in [1.165, 1.54) is 32.2 Å². The highest BCUT2D eigenvalue weighted by Crippen LogP contribution is 2.26. The lowest BCUT2D eigenvalue weighted by atomic mass is 9.97. The Morgan fingerprint density at radius 2 is 1.89 bits per heavy atom. The van der Waals surface area contributed by atoms with Crippen LogP contribution in [0.4, 0.5) is 5.82 Å². The molecule has 0 aliphatic carbocycles. The molecule has 2 fully saturated rings. The molecule has 3 heterocycles. The molecule has 1 aromatic heterocycles. The van der Waals surface area contributed by atoms with E-state index in [0.29, 0.717) is 5.92 Å². The Balaban J connectivity index is 1.84. The monoisotopic (exact) mass is 260 g/mol. The van der Waals surface area contributed by atoms with Crippen LogP contribution in [0.3, 0.4) is 0 Å². The smallest absolute Gasteiger partial charge is 0.135 e. The van der Waals surface area contributed by atoms with Crippen LogP contribution in [0.2, 0.25) is 0 Å². The van der Waals surface area contributed by atoms with Crippen LogP contribution in [0.25, 0.3) is 0 Å². The summed E-state index contributed by atoms with van der Waals surface area (Å²) in [5.41, 5.74) is 1.11. The molecule has 0 aromatic carbocycles. The van der Waals surface area contributed by atoms with Crippen LogP contribution in [-0.2, 0) is 0 Å². The van der Waals surface area contributed by atoms with Gasteiger partial charge >= 0.3 is 0 Å². The highest BCUT2D eigenvalue weighted by atomic mass is 15.2. The second-order valence-corrected chi connectivity index (χ2v) is 6.02. The van der Waals surface area contributed by atoms with Crippen molar-refractivity contribution in [3.63, 3.8) is 0 Å². The van der Waals surface area contributed by atoms with Crippen molar-refractivity contribution in [3.8, 4) is 0 Å². The highest BCUT2D eigenvalue weighted by molar-refractivity contribution is 5.41. The summed E-state index contributed by atoms with van der Waals surface area (Å²) in [6.07, 6.45) is 5.08. The summed E-state index contributed by atoms with van der Waals surface area (Å²) in [4.78, 5) is 14.4. The maximum atomic E-state index is 4.86. The van der Waals surface area contributed by atoms with Crippen LogP contribution in [0, 0.1) is 6.92 Å². The zero-order valence-electron chi connectivity index (χ0n) is 12.1. The minimum atomic E-state index is 0.514. The summed E-state index contributed by atoms with van der Waals surface area (Å²) >= 11 is 0. The SMILES string of the molecule is Cc1cc(N2CCCC2)nc(C2CCCN(C)C2)n1. The van der Waals surface area contributed by atoms with Crippen molar-refractivity contribution >= 4 is 5.82 Å². The second-order valence-electron chi connectivity index (χ2n) is 6.02. The summed E-state index contributed by atoms with van der Waals surface area (Å²) in [5.74, 6) is 2.72. The molecular formula is C15H24N4. The quantitative estimate of drug-likeness (QED) is 0.816. The molecule has 0 radical (unpaired) electrons. The van der Waals surface area contributed by atoms with Gasteiger partial charge in [-0.2, -0.15) is 0 Å². The van der Waals surface area contributed by atoms with E-state index in [9.17, 15) is 0 Å². The number of piperidine rings is 1. The van der Waals surface area contributed by atoms with Gasteiger partial charge in [0.15, 0.2) is 0 Å². The largest absolute Gasteiger partial charge is 0.357 e. The fraction of sp³-hybridized carbons (Fsp3) is 0.733. The van der Waals surface area contributed by atoms with E-state index in [-0.39, 0.29) is 0 Å². The summed E-state index contributed by atoms with van der Waals surface area (Å²) in [5, 5.41) is 0. The normalized spacial score (nSPS) is 24.9. The third kappa shape index (κ3) is 2.89. The lowest BCUT2D eigenvalue weighted by Crippen LogP contribution is -2.32. The van der Waals surface area contributed by atoms with Gasteiger partial charge in [-0.1, -0.05) is 0 Å². The summed E-state index contributed by atoms with van der Waals surface area (Å²) in [6.45, 7) is 6.71. The Hall–Kier alpha value is -1.16. The Kier molecular flexibility index (Phi) is 3.69. The lowest BCUT2D eigenvalue weighted by molar-refractivity contribution is 0.245. The van der Waals surface area contributed by atoms with Crippen LogP contribution in [-0.4, -0.2) is 48.1 Å². The standard InChI is InChI=1S/C15H24N4/c1-12-10-14(19-8-3-4-9-19)17-15(16-12)13-6-5-7-18(2)11-13/h10,13H,3-9,11H2,1-2H3. The molecule has 1 unspecified atom stereocenters. The molecule has 3 rings (SSSR count). The zero-order chi connectivity index (χ0) is 13.2. The van der Waals surface area contributed by atoms with Crippen LogP contribution in [0.15, 0.2) is 6.07 Å². The highest BCUT2D eigenvalue weighted by Gasteiger charge is 2.23. The van der Waals surface area contributed by atoms with Crippen LogP contribution < -0.4 is 4.90 Å². The van der Waals surface area contributed by atoms with E-state index in [4.69, 9.17) is 9.97 Å². The molecule has 2 saturated heterocycles. The predicted molar refractivity (Wildman–Crippen MR) is 77.7 cm³/mol. The fourth-order valence-electron chi connectivity index (χ4n) is 3.24. The van der Waals surface area contributed by atoms with Gasteiger partial charge in [0.2, 0.25) is 0 Å². The van der Waals surface area contributed by atoms with Gasteiger partial charge in [0.05, 0.1) is 0 Å².